The van der Waals surface area contributed by atoms with Crippen LogP contribution in [-0.2, 0) is 10.0 Å². The summed E-state index contributed by atoms with van der Waals surface area (Å²) in [6.45, 7) is 6.94. The van der Waals surface area contributed by atoms with Crippen molar-refractivity contribution in [2.24, 2.45) is 5.92 Å². The number of anilines is 1. The molecule has 1 aromatic rings. The highest BCUT2D eigenvalue weighted by Crippen LogP contribution is 2.22. The summed E-state index contributed by atoms with van der Waals surface area (Å²) in [5.41, 5.74) is 6.06. The quantitative estimate of drug-likeness (QED) is 0.807. The minimum Gasteiger partial charge on any atom is -0.398 e. The molecule has 102 valence electrons. The molecule has 0 aliphatic carbocycles. The molecule has 2 N–H and O–H groups in total. The fourth-order valence-electron chi connectivity index (χ4n) is 1.73. The summed E-state index contributed by atoms with van der Waals surface area (Å²) in [6.07, 6.45) is 0.955. The second-order valence-corrected chi connectivity index (χ2v) is 6.41. The number of nitrogens with zero attached hydrogens (tertiary/aromatic N) is 1. The highest BCUT2D eigenvalue weighted by molar-refractivity contribution is 7.89. The number of benzene rings is 1. The van der Waals surface area contributed by atoms with Crippen molar-refractivity contribution in [3.05, 3.63) is 24.3 Å². The summed E-state index contributed by atoms with van der Waals surface area (Å²) in [5.74, 6) is 0.338. The van der Waals surface area contributed by atoms with Crippen molar-refractivity contribution in [2.45, 2.75) is 32.1 Å². The van der Waals surface area contributed by atoms with Gasteiger partial charge in [0.15, 0.2) is 0 Å². The monoisotopic (exact) mass is 270 g/mol. The summed E-state index contributed by atoms with van der Waals surface area (Å²) in [7, 11) is -3.48. The van der Waals surface area contributed by atoms with E-state index in [1.165, 1.54) is 4.31 Å². The van der Waals surface area contributed by atoms with Crippen LogP contribution in [0.1, 0.15) is 27.2 Å². The fourth-order valence-corrected chi connectivity index (χ4v) is 3.41. The van der Waals surface area contributed by atoms with E-state index in [-0.39, 0.29) is 4.90 Å². The zero-order chi connectivity index (χ0) is 13.8. The summed E-state index contributed by atoms with van der Waals surface area (Å²) in [5, 5.41) is 0. The summed E-state index contributed by atoms with van der Waals surface area (Å²) < 4.78 is 26.5. The zero-order valence-corrected chi connectivity index (χ0v) is 12.1. The number of rotatable bonds is 6. The van der Waals surface area contributed by atoms with Gasteiger partial charge in [0, 0.05) is 13.1 Å². The number of hydrogen-bond donors (Lipinski definition) is 1. The third kappa shape index (κ3) is 3.23. The van der Waals surface area contributed by atoms with Crippen LogP contribution in [0.25, 0.3) is 0 Å². The van der Waals surface area contributed by atoms with E-state index >= 15 is 0 Å². The van der Waals surface area contributed by atoms with E-state index in [0.717, 1.165) is 6.42 Å². The van der Waals surface area contributed by atoms with Crippen LogP contribution in [0.5, 0.6) is 0 Å². The first-order valence-electron chi connectivity index (χ1n) is 6.28. The Morgan fingerprint density at radius 2 is 1.89 bits per heavy atom. The van der Waals surface area contributed by atoms with Crippen LogP contribution in [0, 0.1) is 5.92 Å². The van der Waals surface area contributed by atoms with Crippen LogP contribution >= 0.6 is 0 Å². The van der Waals surface area contributed by atoms with Crippen molar-refractivity contribution in [1.82, 2.24) is 4.31 Å². The van der Waals surface area contributed by atoms with Gasteiger partial charge in [0.05, 0.1) is 5.69 Å². The topological polar surface area (TPSA) is 63.4 Å². The SMILES string of the molecule is CCC(C)CN(CC)S(=O)(=O)c1ccccc1N. The molecule has 0 fully saturated rings. The second kappa shape index (κ2) is 6.20. The normalized spacial score (nSPS) is 13.8. The largest absolute Gasteiger partial charge is 0.398 e. The maximum absolute atomic E-state index is 12.5. The Morgan fingerprint density at radius 1 is 1.28 bits per heavy atom. The Kier molecular flexibility index (Phi) is 5.16. The Labute approximate surface area is 110 Å². The number of hydrogen-bond acceptors (Lipinski definition) is 3. The highest BCUT2D eigenvalue weighted by atomic mass is 32.2. The van der Waals surface area contributed by atoms with Gasteiger partial charge in [-0.3, -0.25) is 0 Å². The molecule has 5 heteroatoms. The van der Waals surface area contributed by atoms with Crippen molar-refractivity contribution in [3.8, 4) is 0 Å². The van der Waals surface area contributed by atoms with Gasteiger partial charge in [-0.15, -0.1) is 0 Å². The number of para-hydroxylation sites is 1. The van der Waals surface area contributed by atoms with Gasteiger partial charge in [-0.2, -0.15) is 4.31 Å². The standard InChI is InChI=1S/C13H22N2O2S/c1-4-11(3)10-15(5-2)18(16,17)13-9-7-6-8-12(13)14/h6-9,11H,4-5,10,14H2,1-3H3. The highest BCUT2D eigenvalue weighted by Gasteiger charge is 2.25. The molecule has 0 radical (unpaired) electrons. The molecule has 0 amide bonds. The van der Waals surface area contributed by atoms with Crippen molar-refractivity contribution in [3.63, 3.8) is 0 Å². The van der Waals surface area contributed by atoms with E-state index in [2.05, 4.69) is 6.92 Å². The molecule has 4 nitrogen and oxygen atoms in total. The van der Waals surface area contributed by atoms with Crippen molar-refractivity contribution >= 4 is 15.7 Å². The maximum atomic E-state index is 12.5. The van der Waals surface area contributed by atoms with E-state index in [1.807, 2.05) is 13.8 Å². The molecular weight excluding hydrogens is 248 g/mol. The Hall–Kier alpha value is -1.07. The van der Waals surface area contributed by atoms with Crippen LogP contribution in [0.4, 0.5) is 5.69 Å². The van der Waals surface area contributed by atoms with Gasteiger partial charge in [0.2, 0.25) is 10.0 Å². The predicted octanol–water partition coefficient (Wildman–Crippen LogP) is 2.33. The third-order valence-corrected chi connectivity index (χ3v) is 5.12. The molecule has 0 spiro atoms. The van der Waals surface area contributed by atoms with Crippen LogP contribution in [0.15, 0.2) is 29.2 Å². The molecule has 0 bridgehead atoms. The summed E-state index contributed by atoms with van der Waals surface area (Å²) >= 11 is 0. The van der Waals surface area contributed by atoms with E-state index in [1.54, 1.807) is 24.3 Å². The number of nitrogens with two attached hydrogens (primary N) is 1. The predicted molar refractivity (Wildman–Crippen MR) is 74.7 cm³/mol. The lowest BCUT2D eigenvalue weighted by Gasteiger charge is -2.24. The molecule has 0 aromatic heterocycles. The van der Waals surface area contributed by atoms with E-state index in [9.17, 15) is 8.42 Å². The van der Waals surface area contributed by atoms with Crippen molar-refractivity contribution in [2.75, 3.05) is 18.8 Å². The van der Waals surface area contributed by atoms with E-state index in [0.29, 0.717) is 24.7 Å². The fraction of sp³-hybridized carbons (Fsp3) is 0.538. The van der Waals surface area contributed by atoms with Crippen LogP contribution < -0.4 is 5.73 Å². The maximum Gasteiger partial charge on any atom is 0.245 e. The molecule has 0 aliphatic heterocycles. The summed E-state index contributed by atoms with van der Waals surface area (Å²) in [4.78, 5) is 0.204. The van der Waals surface area contributed by atoms with Gasteiger partial charge in [-0.05, 0) is 18.1 Å². The van der Waals surface area contributed by atoms with Gasteiger partial charge >= 0.3 is 0 Å². The average Bonchev–Trinajstić information content (AvgIpc) is 2.35. The minimum atomic E-state index is -3.48. The molecule has 0 saturated heterocycles. The number of nitrogen functional groups attached to an aromatic ring is 1. The minimum absolute atomic E-state index is 0.204. The van der Waals surface area contributed by atoms with Gasteiger partial charge in [0.25, 0.3) is 0 Å². The Bertz CT molecular complexity index is 486. The van der Waals surface area contributed by atoms with Gasteiger partial charge in [0.1, 0.15) is 4.90 Å². The van der Waals surface area contributed by atoms with Crippen molar-refractivity contribution in [1.29, 1.82) is 0 Å². The summed E-state index contributed by atoms with van der Waals surface area (Å²) in [6, 6.07) is 6.60. The van der Waals surface area contributed by atoms with Gasteiger partial charge in [-0.25, -0.2) is 8.42 Å². The average molecular weight is 270 g/mol. The molecule has 1 aromatic carbocycles. The van der Waals surface area contributed by atoms with Crippen LogP contribution in [-0.4, -0.2) is 25.8 Å². The molecule has 0 heterocycles. The molecule has 1 rings (SSSR count). The first-order valence-corrected chi connectivity index (χ1v) is 7.72. The van der Waals surface area contributed by atoms with E-state index < -0.39 is 10.0 Å². The zero-order valence-electron chi connectivity index (χ0n) is 11.3. The number of sulfonamides is 1. The first kappa shape index (κ1) is 15.0. The second-order valence-electron chi connectivity index (χ2n) is 4.51. The lowest BCUT2D eigenvalue weighted by Crippen LogP contribution is -2.34. The molecule has 1 atom stereocenters. The van der Waals surface area contributed by atoms with Crippen LogP contribution in [0.3, 0.4) is 0 Å². The Balaban J connectivity index is 3.08. The third-order valence-electron chi connectivity index (χ3n) is 3.10. The lowest BCUT2D eigenvalue weighted by molar-refractivity contribution is 0.362. The smallest absolute Gasteiger partial charge is 0.245 e. The molecule has 1 unspecified atom stereocenters. The Morgan fingerprint density at radius 3 is 2.39 bits per heavy atom. The lowest BCUT2D eigenvalue weighted by atomic mass is 10.1. The van der Waals surface area contributed by atoms with Crippen LogP contribution in [0.2, 0.25) is 0 Å². The van der Waals surface area contributed by atoms with Gasteiger partial charge in [-0.1, -0.05) is 39.3 Å². The first-order chi connectivity index (χ1) is 8.43. The van der Waals surface area contributed by atoms with Gasteiger partial charge < -0.3 is 5.73 Å². The molecule has 0 aliphatic rings. The van der Waals surface area contributed by atoms with Crippen molar-refractivity contribution < 1.29 is 8.42 Å². The molecule has 18 heavy (non-hydrogen) atoms. The molecular formula is C13H22N2O2S. The molecule has 0 saturated carbocycles. The van der Waals surface area contributed by atoms with E-state index in [4.69, 9.17) is 5.73 Å².